The van der Waals surface area contributed by atoms with E-state index >= 15 is 0 Å². The average Bonchev–Trinajstić information content (AvgIpc) is 2.43. The number of rotatable bonds is 15. The Labute approximate surface area is 154 Å². The second kappa shape index (κ2) is 13.0. The largest absolute Gasteiger partial charge is 0.103 e. The number of hydrogen-bond donors (Lipinski definition) is 0. The maximum Gasteiger partial charge on any atom is -0.0321 e. The molecule has 0 aliphatic rings. The maximum atomic E-state index is 4.01. The molecular formula is C24H48. The standard InChI is InChI=1S/C24H48/c1-9-12-14-23(13-10-2)19-24(8,15-11-3)18-22(7)17-21(6)16-20(4)5/h10,20-23H,2,9,11-19H2,1,3-8H3. The molecule has 0 aromatic heterocycles. The van der Waals surface area contributed by atoms with Crippen LogP contribution in [-0.4, -0.2) is 0 Å². The molecular weight excluding hydrogens is 288 g/mol. The number of unbranched alkanes of at least 4 members (excludes halogenated alkanes) is 1. The zero-order chi connectivity index (χ0) is 18.6. The van der Waals surface area contributed by atoms with Crippen LogP contribution in [0, 0.1) is 29.1 Å². The van der Waals surface area contributed by atoms with Crippen LogP contribution in [0.5, 0.6) is 0 Å². The molecule has 0 rings (SSSR count). The normalized spacial score (nSPS) is 18.2. The van der Waals surface area contributed by atoms with Gasteiger partial charge in [0.2, 0.25) is 0 Å². The van der Waals surface area contributed by atoms with E-state index in [9.17, 15) is 0 Å². The molecule has 0 saturated heterocycles. The molecule has 0 saturated carbocycles. The van der Waals surface area contributed by atoms with Crippen LogP contribution in [0.3, 0.4) is 0 Å². The first kappa shape index (κ1) is 23.7. The lowest BCUT2D eigenvalue weighted by Gasteiger charge is -2.36. The minimum absolute atomic E-state index is 0.521. The summed E-state index contributed by atoms with van der Waals surface area (Å²) in [6, 6.07) is 0. The summed E-state index contributed by atoms with van der Waals surface area (Å²) in [6.45, 7) is 20.9. The first-order valence-electron chi connectivity index (χ1n) is 10.9. The zero-order valence-electron chi connectivity index (χ0n) is 18.2. The molecule has 0 aliphatic heterocycles. The van der Waals surface area contributed by atoms with E-state index < -0.39 is 0 Å². The quantitative estimate of drug-likeness (QED) is 0.262. The highest BCUT2D eigenvalue weighted by molar-refractivity contribution is 4.83. The molecule has 0 aromatic carbocycles. The van der Waals surface area contributed by atoms with E-state index in [1.807, 2.05) is 0 Å². The lowest BCUT2D eigenvalue weighted by molar-refractivity contribution is 0.155. The fourth-order valence-corrected chi connectivity index (χ4v) is 5.13. The second-order valence-corrected chi connectivity index (χ2v) is 9.58. The maximum absolute atomic E-state index is 4.01. The van der Waals surface area contributed by atoms with Crippen LogP contribution in [0.4, 0.5) is 0 Å². The Kier molecular flexibility index (Phi) is 12.9. The minimum Gasteiger partial charge on any atom is -0.103 e. The van der Waals surface area contributed by atoms with Gasteiger partial charge in [0.25, 0.3) is 0 Å². The molecule has 0 aliphatic carbocycles. The van der Waals surface area contributed by atoms with E-state index in [2.05, 4.69) is 61.1 Å². The van der Waals surface area contributed by atoms with Crippen molar-refractivity contribution in [3.63, 3.8) is 0 Å². The molecule has 4 atom stereocenters. The van der Waals surface area contributed by atoms with Gasteiger partial charge in [-0.15, -0.1) is 6.58 Å². The summed E-state index contributed by atoms with van der Waals surface area (Å²) in [5.41, 5.74) is 0.521. The summed E-state index contributed by atoms with van der Waals surface area (Å²) in [4.78, 5) is 0. The third kappa shape index (κ3) is 11.3. The Morgan fingerprint density at radius 3 is 2.08 bits per heavy atom. The first-order chi connectivity index (χ1) is 11.3. The van der Waals surface area contributed by atoms with E-state index in [0.717, 1.165) is 23.7 Å². The number of allylic oxidation sites excluding steroid dienone is 1. The molecule has 0 heterocycles. The van der Waals surface area contributed by atoms with Crippen molar-refractivity contribution in [2.24, 2.45) is 29.1 Å². The van der Waals surface area contributed by atoms with Crippen LogP contribution < -0.4 is 0 Å². The third-order valence-electron chi connectivity index (χ3n) is 5.62. The average molecular weight is 337 g/mol. The van der Waals surface area contributed by atoms with Crippen LogP contribution in [0.15, 0.2) is 12.7 Å². The van der Waals surface area contributed by atoms with Crippen molar-refractivity contribution in [3.8, 4) is 0 Å². The van der Waals surface area contributed by atoms with Crippen molar-refractivity contribution in [2.45, 2.75) is 113 Å². The van der Waals surface area contributed by atoms with Crippen molar-refractivity contribution in [1.29, 1.82) is 0 Å². The van der Waals surface area contributed by atoms with Gasteiger partial charge in [0, 0.05) is 0 Å². The highest BCUT2D eigenvalue weighted by Gasteiger charge is 2.29. The van der Waals surface area contributed by atoms with E-state index in [0.29, 0.717) is 5.41 Å². The molecule has 144 valence electrons. The molecule has 0 nitrogen and oxygen atoms in total. The zero-order valence-corrected chi connectivity index (χ0v) is 18.2. The van der Waals surface area contributed by atoms with Crippen LogP contribution in [0.2, 0.25) is 0 Å². The molecule has 0 N–H and O–H groups in total. The Balaban J connectivity index is 4.72. The van der Waals surface area contributed by atoms with Gasteiger partial charge >= 0.3 is 0 Å². The second-order valence-electron chi connectivity index (χ2n) is 9.58. The van der Waals surface area contributed by atoms with Gasteiger partial charge in [-0.3, -0.25) is 0 Å². The van der Waals surface area contributed by atoms with Gasteiger partial charge in [-0.2, -0.15) is 0 Å². The van der Waals surface area contributed by atoms with Gasteiger partial charge in [0.1, 0.15) is 0 Å². The molecule has 0 heteroatoms. The predicted molar refractivity (Wildman–Crippen MR) is 112 cm³/mol. The fraction of sp³-hybridized carbons (Fsp3) is 0.917. The smallest absolute Gasteiger partial charge is 0.0321 e. The summed E-state index contributed by atoms with van der Waals surface area (Å²) in [5.74, 6) is 3.40. The Morgan fingerprint density at radius 2 is 1.58 bits per heavy atom. The van der Waals surface area contributed by atoms with Gasteiger partial charge in [0.05, 0.1) is 0 Å². The minimum atomic E-state index is 0.521. The summed E-state index contributed by atoms with van der Waals surface area (Å²) in [6.07, 6.45) is 15.7. The van der Waals surface area contributed by atoms with Crippen molar-refractivity contribution in [3.05, 3.63) is 12.7 Å². The Bertz CT molecular complexity index is 303. The fourth-order valence-electron chi connectivity index (χ4n) is 5.13. The lowest BCUT2D eigenvalue weighted by atomic mass is 9.69. The predicted octanol–water partition coefficient (Wildman–Crippen LogP) is 8.66. The van der Waals surface area contributed by atoms with Gasteiger partial charge < -0.3 is 0 Å². The molecule has 0 bridgehead atoms. The summed E-state index contributed by atoms with van der Waals surface area (Å²) >= 11 is 0. The molecule has 4 unspecified atom stereocenters. The van der Waals surface area contributed by atoms with Gasteiger partial charge in [-0.25, -0.2) is 0 Å². The van der Waals surface area contributed by atoms with Crippen LogP contribution in [0.25, 0.3) is 0 Å². The highest BCUT2D eigenvalue weighted by atomic mass is 14.3. The van der Waals surface area contributed by atoms with Crippen molar-refractivity contribution in [1.82, 2.24) is 0 Å². The van der Waals surface area contributed by atoms with Gasteiger partial charge in [-0.1, -0.05) is 80.2 Å². The Morgan fingerprint density at radius 1 is 0.917 bits per heavy atom. The van der Waals surface area contributed by atoms with E-state index in [1.54, 1.807) is 0 Å². The topological polar surface area (TPSA) is 0 Å². The molecule has 0 spiro atoms. The summed E-state index contributed by atoms with van der Waals surface area (Å²) in [5, 5.41) is 0. The molecule has 0 radical (unpaired) electrons. The van der Waals surface area contributed by atoms with Crippen LogP contribution in [0.1, 0.15) is 113 Å². The summed E-state index contributed by atoms with van der Waals surface area (Å²) < 4.78 is 0. The van der Waals surface area contributed by atoms with Crippen LogP contribution in [-0.2, 0) is 0 Å². The van der Waals surface area contributed by atoms with E-state index in [-0.39, 0.29) is 0 Å². The molecule has 24 heavy (non-hydrogen) atoms. The monoisotopic (exact) mass is 336 g/mol. The van der Waals surface area contributed by atoms with Crippen molar-refractivity contribution < 1.29 is 0 Å². The number of hydrogen-bond acceptors (Lipinski definition) is 0. The molecule has 0 aromatic rings. The molecule has 0 fully saturated rings. The first-order valence-corrected chi connectivity index (χ1v) is 10.9. The highest BCUT2D eigenvalue weighted by Crippen LogP contribution is 2.41. The SMILES string of the molecule is C=CCC(CCCC)CC(C)(CCC)CC(C)CC(C)CC(C)C. The third-order valence-corrected chi connectivity index (χ3v) is 5.62. The van der Waals surface area contributed by atoms with Gasteiger partial charge in [-0.05, 0) is 67.6 Å². The van der Waals surface area contributed by atoms with Crippen molar-refractivity contribution >= 4 is 0 Å². The van der Waals surface area contributed by atoms with Crippen molar-refractivity contribution in [2.75, 3.05) is 0 Å². The van der Waals surface area contributed by atoms with E-state index in [1.165, 1.54) is 64.2 Å². The van der Waals surface area contributed by atoms with E-state index in [4.69, 9.17) is 0 Å². The molecule has 0 amide bonds. The van der Waals surface area contributed by atoms with Gasteiger partial charge in [0.15, 0.2) is 0 Å². The Hall–Kier alpha value is -0.260. The lowest BCUT2D eigenvalue weighted by Crippen LogP contribution is -2.24. The summed E-state index contributed by atoms with van der Waals surface area (Å²) in [7, 11) is 0. The van der Waals surface area contributed by atoms with Crippen LogP contribution >= 0.6 is 0 Å².